The molecule has 0 unspecified atom stereocenters. The molecule has 1 aromatic carbocycles. The van der Waals surface area contributed by atoms with E-state index in [-0.39, 0.29) is 0 Å². The van der Waals surface area contributed by atoms with Crippen molar-refractivity contribution in [3.05, 3.63) is 27.7 Å². The summed E-state index contributed by atoms with van der Waals surface area (Å²) in [6.45, 7) is 5.54. The Morgan fingerprint density at radius 3 is 2.44 bits per heavy atom. The second kappa shape index (κ2) is 5.66. The number of hydrogen-bond donors (Lipinski definition) is 0. The lowest BCUT2D eigenvalue weighted by molar-refractivity contribution is -0.168. The average molecular weight is 291 g/mol. The molecule has 0 saturated carbocycles. The topological polar surface area (TPSA) is 27.7 Å². The Morgan fingerprint density at radius 2 is 1.89 bits per heavy atom. The zero-order valence-electron chi connectivity index (χ0n) is 10.5. The molecule has 2 rings (SSSR count). The number of rotatable bonds is 4. The number of hydrogen-bond acceptors (Lipinski definition) is 3. The highest BCUT2D eigenvalue weighted by Crippen LogP contribution is 2.44. The summed E-state index contributed by atoms with van der Waals surface area (Å²) in [5.74, 6) is -0.203. The highest BCUT2D eigenvalue weighted by molar-refractivity contribution is 6.35. The molecule has 18 heavy (non-hydrogen) atoms. The first-order valence-electron chi connectivity index (χ1n) is 6.03. The van der Waals surface area contributed by atoms with Crippen LogP contribution in [0.2, 0.25) is 10.0 Å². The van der Waals surface area contributed by atoms with E-state index in [9.17, 15) is 0 Å². The third kappa shape index (κ3) is 2.45. The van der Waals surface area contributed by atoms with E-state index in [0.717, 1.165) is 5.56 Å². The fraction of sp³-hybridized carbons (Fsp3) is 0.538. The van der Waals surface area contributed by atoms with Crippen molar-refractivity contribution >= 4 is 23.2 Å². The molecule has 0 atom stereocenters. The summed E-state index contributed by atoms with van der Waals surface area (Å²) < 4.78 is 17.1. The summed E-state index contributed by atoms with van der Waals surface area (Å²) in [5.41, 5.74) is 0.766. The quantitative estimate of drug-likeness (QED) is 0.839. The molecule has 1 fully saturated rings. The van der Waals surface area contributed by atoms with E-state index < -0.39 is 5.79 Å². The van der Waals surface area contributed by atoms with Crippen molar-refractivity contribution in [3.8, 4) is 5.75 Å². The van der Waals surface area contributed by atoms with Gasteiger partial charge in [-0.05, 0) is 19.1 Å². The molecule has 0 amide bonds. The van der Waals surface area contributed by atoms with Gasteiger partial charge in [-0.15, -0.1) is 0 Å². The van der Waals surface area contributed by atoms with Gasteiger partial charge in [-0.3, -0.25) is 0 Å². The van der Waals surface area contributed by atoms with Crippen LogP contribution in [0.5, 0.6) is 5.75 Å². The molecule has 5 heteroatoms. The summed E-state index contributed by atoms with van der Waals surface area (Å²) >= 11 is 12.3. The second-order valence-electron chi connectivity index (χ2n) is 4.00. The van der Waals surface area contributed by atoms with Crippen LogP contribution in [0.15, 0.2) is 12.1 Å². The Bertz CT molecular complexity index is 428. The van der Waals surface area contributed by atoms with Crippen molar-refractivity contribution in [2.45, 2.75) is 26.1 Å². The van der Waals surface area contributed by atoms with Gasteiger partial charge in [0.1, 0.15) is 5.75 Å². The van der Waals surface area contributed by atoms with Crippen LogP contribution in [-0.4, -0.2) is 19.8 Å². The smallest absolute Gasteiger partial charge is 0.198 e. The normalized spacial score (nSPS) is 18.0. The lowest BCUT2D eigenvalue weighted by Crippen LogP contribution is -2.27. The Hall–Kier alpha value is -0.480. The van der Waals surface area contributed by atoms with E-state index in [4.69, 9.17) is 37.4 Å². The summed E-state index contributed by atoms with van der Waals surface area (Å²) in [6.07, 6.45) is 0.670. The number of benzene rings is 1. The fourth-order valence-corrected chi connectivity index (χ4v) is 2.69. The molecule has 0 aliphatic carbocycles. The van der Waals surface area contributed by atoms with E-state index in [2.05, 4.69) is 0 Å². The van der Waals surface area contributed by atoms with Crippen molar-refractivity contribution in [2.75, 3.05) is 19.8 Å². The monoisotopic (exact) mass is 290 g/mol. The van der Waals surface area contributed by atoms with Gasteiger partial charge < -0.3 is 14.2 Å². The molecular weight excluding hydrogens is 275 g/mol. The third-order valence-corrected chi connectivity index (χ3v) is 3.43. The van der Waals surface area contributed by atoms with Crippen LogP contribution in [0, 0.1) is 0 Å². The maximum absolute atomic E-state index is 6.19. The molecule has 0 N–H and O–H groups in total. The van der Waals surface area contributed by atoms with Crippen LogP contribution >= 0.6 is 23.2 Å². The third-order valence-electron chi connectivity index (χ3n) is 2.93. The summed E-state index contributed by atoms with van der Waals surface area (Å²) in [6, 6.07) is 3.46. The van der Waals surface area contributed by atoms with Gasteiger partial charge in [0.2, 0.25) is 0 Å². The maximum atomic E-state index is 6.19. The van der Waals surface area contributed by atoms with E-state index in [1.54, 1.807) is 12.1 Å². The van der Waals surface area contributed by atoms with Crippen molar-refractivity contribution in [3.63, 3.8) is 0 Å². The van der Waals surface area contributed by atoms with Gasteiger partial charge in [0.15, 0.2) is 5.79 Å². The molecule has 0 spiro atoms. The minimum Gasteiger partial charge on any atom is -0.492 e. The molecule has 1 aliphatic heterocycles. The Balaban J connectivity index is 2.53. The first-order valence-corrected chi connectivity index (χ1v) is 6.78. The van der Waals surface area contributed by atoms with Crippen LogP contribution in [0.25, 0.3) is 0 Å². The second-order valence-corrected chi connectivity index (χ2v) is 4.84. The highest BCUT2D eigenvalue weighted by Gasteiger charge is 2.40. The Morgan fingerprint density at radius 1 is 1.22 bits per heavy atom. The molecule has 1 aliphatic rings. The zero-order valence-corrected chi connectivity index (χ0v) is 12.0. The SMILES string of the molecule is CCOc1c(Cl)cc(Cl)cc1C1(CC)OCCO1. The van der Waals surface area contributed by atoms with E-state index in [1.165, 1.54) is 0 Å². The highest BCUT2D eigenvalue weighted by atomic mass is 35.5. The molecule has 100 valence electrons. The minimum absolute atomic E-state index is 0.478. The number of ether oxygens (including phenoxy) is 3. The summed E-state index contributed by atoms with van der Waals surface area (Å²) in [7, 11) is 0. The molecular formula is C13H16Cl2O3. The lowest BCUT2D eigenvalue weighted by Gasteiger charge is -2.28. The lowest BCUT2D eigenvalue weighted by atomic mass is 10.0. The predicted octanol–water partition coefficient (Wildman–Crippen LogP) is 4.00. The van der Waals surface area contributed by atoms with Gasteiger partial charge in [0, 0.05) is 11.4 Å². The fourth-order valence-electron chi connectivity index (χ4n) is 2.14. The van der Waals surface area contributed by atoms with Crippen LogP contribution in [0.4, 0.5) is 0 Å². The van der Waals surface area contributed by atoms with Gasteiger partial charge in [-0.1, -0.05) is 30.1 Å². The van der Waals surface area contributed by atoms with Crippen LogP contribution in [0.3, 0.4) is 0 Å². The Labute approximate surface area is 117 Å². The number of halogens is 2. The van der Waals surface area contributed by atoms with Crippen LogP contribution in [0.1, 0.15) is 25.8 Å². The van der Waals surface area contributed by atoms with Gasteiger partial charge in [-0.2, -0.15) is 0 Å². The molecule has 1 saturated heterocycles. The first kappa shape index (κ1) is 13.9. The predicted molar refractivity (Wildman–Crippen MR) is 71.5 cm³/mol. The van der Waals surface area contributed by atoms with Crippen LogP contribution in [-0.2, 0) is 15.3 Å². The average Bonchev–Trinajstić information content (AvgIpc) is 2.82. The molecule has 0 aromatic heterocycles. The molecule has 0 bridgehead atoms. The maximum Gasteiger partial charge on any atom is 0.198 e. The van der Waals surface area contributed by atoms with E-state index in [1.807, 2.05) is 13.8 Å². The van der Waals surface area contributed by atoms with Gasteiger partial charge >= 0.3 is 0 Å². The van der Waals surface area contributed by atoms with Crippen molar-refractivity contribution in [1.82, 2.24) is 0 Å². The zero-order chi connectivity index (χ0) is 13.2. The van der Waals surface area contributed by atoms with Crippen molar-refractivity contribution < 1.29 is 14.2 Å². The Kier molecular flexibility index (Phi) is 4.38. The molecule has 3 nitrogen and oxygen atoms in total. The minimum atomic E-state index is -0.793. The summed E-state index contributed by atoms with van der Waals surface area (Å²) in [4.78, 5) is 0. The van der Waals surface area contributed by atoms with Gasteiger partial charge in [0.25, 0.3) is 0 Å². The van der Waals surface area contributed by atoms with Crippen molar-refractivity contribution in [2.24, 2.45) is 0 Å². The molecule has 1 heterocycles. The van der Waals surface area contributed by atoms with Crippen LogP contribution < -0.4 is 4.74 Å². The van der Waals surface area contributed by atoms with E-state index >= 15 is 0 Å². The van der Waals surface area contributed by atoms with Gasteiger partial charge in [-0.25, -0.2) is 0 Å². The summed E-state index contributed by atoms with van der Waals surface area (Å²) in [5, 5.41) is 1.02. The molecule has 1 aromatic rings. The largest absolute Gasteiger partial charge is 0.492 e. The van der Waals surface area contributed by atoms with E-state index in [0.29, 0.717) is 42.0 Å². The first-order chi connectivity index (χ1) is 8.63. The molecule has 0 radical (unpaired) electrons. The standard InChI is InChI=1S/C13H16Cl2O3/c1-3-13(17-5-6-18-13)10-7-9(14)8-11(15)12(10)16-4-2/h7-8H,3-6H2,1-2H3. The van der Waals surface area contributed by atoms with Crippen molar-refractivity contribution in [1.29, 1.82) is 0 Å². The van der Waals surface area contributed by atoms with Gasteiger partial charge in [0.05, 0.1) is 30.4 Å².